The molecule has 0 radical (unpaired) electrons. The standard InChI is InChI=1S/C21H29N5O/c1-15(2)13-20(27)23-17-7-9-18(10-8-17)24-21-22-16(3)14-19(25-21)26-11-5-4-6-12-26/h7-10,14-15H,4-6,11-13H2,1-3H3,(H,23,27)(H,22,24,25). The van der Waals surface area contributed by atoms with Crippen molar-refractivity contribution in [2.45, 2.75) is 46.5 Å². The molecule has 0 atom stereocenters. The van der Waals surface area contributed by atoms with Crippen molar-refractivity contribution < 1.29 is 4.79 Å². The van der Waals surface area contributed by atoms with Crippen molar-refractivity contribution in [2.75, 3.05) is 28.6 Å². The van der Waals surface area contributed by atoms with Gasteiger partial charge in [0, 0.05) is 42.6 Å². The fourth-order valence-corrected chi connectivity index (χ4v) is 3.24. The summed E-state index contributed by atoms with van der Waals surface area (Å²) in [6, 6.07) is 9.68. The van der Waals surface area contributed by atoms with Gasteiger partial charge in [0.25, 0.3) is 0 Å². The van der Waals surface area contributed by atoms with Gasteiger partial charge in [-0.05, 0) is 56.4 Å². The van der Waals surface area contributed by atoms with Gasteiger partial charge in [0.2, 0.25) is 11.9 Å². The number of rotatable bonds is 6. The molecular weight excluding hydrogens is 338 g/mol. The average molecular weight is 367 g/mol. The molecule has 2 aromatic rings. The minimum atomic E-state index is 0.0406. The van der Waals surface area contributed by atoms with Crippen LogP contribution in [-0.2, 0) is 4.79 Å². The zero-order valence-corrected chi connectivity index (χ0v) is 16.5. The second kappa shape index (κ2) is 8.84. The number of benzene rings is 1. The normalized spacial score (nSPS) is 14.3. The van der Waals surface area contributed by atoms with Crippen molar-refractivity contribution in [1.82, 2.24) is 9.97 Å². The third-order valence-corrected chi connectivity index (χ3v) is 4.54. The minimum absolute atomic E-state index is 0.0406. The van der Waals surface area contributed by atoms with Crippen molar-refractivity contribution in [3.8, 4) is 0 Å². The van der Waals surface area contributed by atoms with Gasteiger partial charge in [-0.25, -0.2) is 4.98 Å². The highest BCUT2D eigenvalue weighted by Gasteiger charge is 2.14. The van der Waals surface area contributed by atoms with Gasteiger partial charge in [-0.1, -0.05) is 13.8 Å². The first-order valence-electron chi connectivity index (χ1n) is 9.77. The lowest BCUT2D eigenvalue weighted by Gasteiger charge is -2.28. The smallest absolute Gasteiger partial charge is 0.229 e. The van der Waals surface area contributed by atoms with E-state index in [9.17, 15) is 4.79 Å². The Labute approximate surface area is 161 Å². The van der Waals surface area contributed by atoms with Crippen LogP contribution in [0.25, 0.3) is 0 Å². The third kappa shape index (κ3) is 5.67. The molecule has 1 saturated heterocycles. The number of anilines is 4. The van der Waals surface area contributed by atoms with E-state index in [1.54, 1.807) is 0 Å². The van der Waals surface area contributed by atoms with E-state index in [0.717, 1.165) is 36.0 Å². The molecule has 0 spiro atoms. The second-order valence-corrected chi connectivity index (χ2v) is 7.59. The molecule has 0 saturated carbocycles. The van der Waals surface area contributed by atoms with E-state index in [0.29, 0.717) is 18.3 Å². The number of nitrogens with zero attached hydrogens (tertiary/aromatic N) is 3. The van der Waals surface area contributed by atoms with Gasteiger partial charge in [0.05, 0.1) is 0 Å². The molecule has 2 N–H and O–H groups in total. The van der Waals surface area contributed by atoms with Crippen LogP contribution in [0.5, 0.6) is 0 Å². The van der Waals surface area contributed by atoms with Crippen LogP contribution < -0.4 is 15.5 Å². The number of carbonyl (C=O) groups is 1. The minimum Gasteiger partial charge on any atom is -0.356 e. The molecule has 0 bridgehead atoms. The molecule has 144 valence electrons. The van der Waals surface area contributed by atoms with Gasteiger partial charge < -0.3 is 15.5 Å². The highest BCUT2D eigenvalue weighted by molar-refractivity contribution is 5.91. The summed E-state index contributed by atoms with van der Waals surface area (Å²) in [6.45, 7) is 8.17. The number of hydrogen-bond acceptors (Lipinski definition) is 5. The van der Waals surface area contributed by atoms with Crippen LogP contribution in [0.3, 0.4) is 0 Å². The van der Waals surface area contributed by atoms with Gasteiger partial charge in [0.1, 0.15) is 5.82 Å². The zero-order chi connectivity index (χ0) is 19.2. The summed E-state index contributed by atoms with van der Waals surface area (Å²) in [7, 11) is 0. The molecule has 1 aliphatic rings. The highest BCUT2D eigenvalue weighted by atomic mass is 16.1. The van der Waals surface area contributed by atoms with Gasteiger partial charge in [-0.15, -0.1) is 0 Å². The van der Waals surface area contributed by atoms with Crippen LogP contribution in [0.4, 0.5) is 23.1 Å². The fourth-order valence-electron chi connectivity index (χ4n) is 3.24. The van der Waals surface area contributed by atoms with Gasteiger partial charge in [-0.3, -0.25) is 4.79 Å². The first-order chi connectivity index (χ1) is 13.0. The summed E-state index contributed by atoms with van der Waals surface area (Å²) >= 11 is 0. The summed E-state index contributed by atoms with van der Waals surface area (Å²) in [4.78, 5) is 23.4. The van der Waals surface area contributed by atoms with Gasteiger partial charge in [-0.2, -0.15) is 4.98 Å². The molecule has 1 fully saturated rings. The summed E-state index contributed by atoms with van der Waals surface area (Å²) in [6.07, 6.45) is 4.26. The SMILES string of the molecule is Cc1cc(N2CCCCC2)nc(Nc2ccc(NC(=O)CC(C)C)cc2)n1. The maximum atomic E-state index is 11.9. The Morgan fingerprint density at radius 1 is 1.07 bits per heavy atom. The molecule has 1 aliphatic heterocycles. The monoisotopic (exact) mass is 367 g/mol. The lowest BCUT2D eigenvalue weighted by atomic mass is 10.1. The average Bonchev–Trinajstić information content (AvgIpc) is 2.63. The van der Waals surface area contributed by atoms with Crippen LogP contribution in [0, 0.1) is 12.8 Å². The summed E-state index contributed by atoms with van der Waals surface area (Å²) in [5, 5.41) is 6.20. The Balaban J connectivity index is 1.66. The molecule has 1 aromatic carbocycles. The number of piperidine rings is 1. The number of nitrogens with one attached hydrogen (secondary N) is 2. The highest BCUT2D eigenvalue weighted by Crippen LogP contribution is 2.22. The second-order valence-electron chi connectivity index (χ2n) is 7.59. The first kappa shape index (κ1) is 19.1. The maximum Gasteiger partial charge on any atom is 0.229 e. The predicted octanol–water partition coefficient (Wildman–Crippen LogP) is 4.50. The zero-order valence-electron chi connectivity index (χ0n) is 16.5. The Hall–Kier alpha value is -2.63. The van der Waals surface area contributed by atoms with E-state index in [2.05, 4.69) is 25.5 Å². The molecule has 6 heteroatoms. The van der Waals surface area contributed by atoms with E-state index >= 15 is 0 Å². The topological polar surface area (TPSA) is 70.2 Å². The molecule has 0 aliphatic carbocycles. The Kier molecular flexibility index (Phi) is 6.27. The number of aryl methyl sites for hydroxylation is 1. The van der Waals surface area contributed by atoms with Gasteiger partial charge >= 0.3 is 0 Å². The van der Waals surface area contributed by atoms with Gasteiger partial charge in [0.15, 0.2) is 0 Å². The maximum absolute atomic E-state index is 11.9. The van der Waals surface area contributed by atoms with Crippen molar-refractivity contribution in [1.29, 1.82) is 0 Å². The first-order valence-corrected chi connectivity index (χ1v) is 9.77. The van der Waals surface area contributed by atoms with E-state index in [4.69, 9.17) is 0 Å². The van der Waals surface area contributed by atoms with Crippen molar-refractivity contribution in [2.24, 2.45) is 5.92 Å². The van der Waals surface area contributed by atoms with E-state index in [1.165, 1.54) is 19.3 Å². The third-order valence-electron chi connectivity index (χ3n) is 4.54. The largest absolute Gasteiger partial charge is 0.356 e. The van der Waals surface area contributed by atoms with Crippen molar-refractivity contribution in [3.05, 3.63) is 36.0 Å². The molecular formula is C21H29N5O. The molecule has 1 aromatic heterocycles. The summed E-state index contributed by atoms with van der Waals surface area (Å²) < 4.78 is 0. The number of hydrogen-bond donors (Lipinski definition) is 2. The molecule has 3 rings (SSSR count). The van der Waals surface area contributed by atoms with Crippen LogP contribution in [0.1, 0.15) is 45.2 Å². The quantitative estimate of drug-likeness (QED) is 0.786. The number of aromatic nitrogens is 2. The Morgan fingerprint density at radius 3 is 2.41 bits per heavy atom. The lowest BCUT2D eigenvalue weighted by molar-refractivity contribution is -0.116. The molecule has 27 heavy (non-hydrogen) atoms. The van der Waals surface area contributed by atoms with Crippen LogP contribution in [0.2, 0.25) is 0 Å². The number of amides is 1. The predicted molar refractivity (Wildman–Crippen MR) is 111 cm³/mol. The Morgan fingerprint density at radius 2 is 1.74 bits per heavy atom. The summed E-state index contributed by atoms with van der Waals surface area (Å²) in [5.74, 6) is 1.98. The summed E-state index contributed by atoms with van der Waals surface area (Å²) in [5.41, 5.74) is 2.64. The fraction of sp³-hybridized carbons (Fsp3) is 0.476. The van der Waals surface area contributed by atoms with Crippen LogP contribution >= 0.6 is 0 Å². The number of carbonyl (C=O) groups excluding carboxylic acids is 1. The van der Waals surface area contributed by atoms with E-state index < -0.39 is 0 Å². The molecule has 2 heterocycles. The molecule has 0 unspecified atom stereocenters. The Bertz CT molecular complexity index is 767. The van der Waals surface area contributed by atoms with E-state index in [-0.39, 0.29) is 5.91 Å². The van der Waals surface area contributed by atoms with Crippen molar-refractivity contribution >= 4 is 29.0 Å². The van der Waals surface area contributed by atoms with Crippen LogP contribution in [0.15, 0.2) is 30.3 Å². The van der Waals surface area contributed by atoms with Crippen LogP contribution in [-0.4, -0.2) is 29.0 Å². The molecule has 1 amide bonds. The van der Waals surface area contributed by atoms with Crippen molar-refractivity contribution in [3.63, 3.8) is 0 Å². The molecule has 6 nitrogen and oxygen atoms in total. The lowest BCUT2D eigenvalue weighted by Crippen LogP contribution is -2.30. The van der Waals surface area contributed by atoms with E-state index in [1.807, 2.05) is 51.1 Å².